The van der Waals surface area contributed by atoms with Crippen molar-refractivity contribution in [2.24, 2.45) is 0 Å². The highest BCUT2D eigenvalue weighted by Crippen LogP contribution is 2.26. The molecular formula is C18H30N4O. The highest BCUT2D eigenvalue weighted by atomic mass is 16.2. The first-order chi connectivity index (χ1) is 11.0. The largest absolute Gasteiger partial charge is 0.368 e. The van der Waals surface area contributed by atoms with Crippen LogP contribution >= 0.6 is 0 Å². The number of para-hydroxylation sites is 1. The molecule has 0 spiro atoms. The molecule has 0 atom stereocenters. The van der Waals surface area contributed by atoms with E-state index in [-0.39, 0.29) is 6.03 Å². The van der Waals surface area contributed by atoms with E-state index in [1.165, 1.54) is 16.8 Å². The lowest BCUT2D eigenvalue weighted by molar-refractivity contribution is 0.193. The first kappa shape index (κ1) is 17.6. The van der Waals surface area contributed by atoms with E-state index >= 15 is 0 Å². The molecule has 1 heterocycles. The molecule has 1 aliphatic rings. The number of aryl methyl sites for hydroxylation is 2. The van der Waals surface area contributed by atoms with Crippen LogP contribution in [0.5, 0.6) is 0 Å². The van der Waals surface area contributed by atoms with Gasteiger partial charge in [-0.1, -0.05) is 25.1 Å². The van der Waals surface area contributed by atoms with Crippen molar-refractivity contribution < 1.29 is 4.79 Å². The summed E-state index contributed by atoms with van der Waals surface area (Å²) in [7, 11) is 4.02. The summed E-state index contributed by atoms with van der Waals surface area (Å²) >= 11 is 0. The molecule has 1 fully saturated rings. The van der Waals surface area contributed by atoms with Crippen LogP contribution in [0.15, 0.2) is 18.2 Å². The van der Waals surface area contributed by atoms with Gasteiger partial charge in [-0.15, -0.1) is 0 Å². The molecule has 1 saturated heterocycles. The molecule has 0 unspecified atom stereocenters. The summed E-state index contributed by atoms with van der Waals surface area (Å²) in [6, 6.07) is 6.58. The third kappa shape index (κ3) is 4.61. The number of hydrogen-bond donors (Lipinski definition) is 1. The summed E-state index contributed by atoms with van der Waals surface area (Å²) in [5.41, 5.74) is 4.09. The number of hydrogen-bond acceptors (Lipinski definition) is 3. The van der Waals surface area contributed by atoms with Crippen LogP contribution in [0.2, 0.25) is 0 Å². The van der Waals surface area contributed by atoms with E-state index in [0.29, 0.717) is 6.54 Å². The van der Waals surface area contributed by atoms with Gasteiger partial charge in [0, 0.05) is 45.0 Å². The average molecular weight is 318 g/mol. The number of anilines is 1. The molecule has 5 nitrogen and oxygen atoms in total. The number of urea groups is 1. The van der Waals surface area contributed by atoms with Crippen LogP contribution in [0.3, 0.4) is 0 Å². The SMILES string of the molecule is CCc1cccc(C)c1N1CCN(C(=O)NCCN(C)C)CC1. The van der Waals surface area contributed by atoms with Crippen LogP contribution in [0.1, 0.15) is 18.1 Å². The van der Waals surface area contributed by atoms with Crippen molar-refractivity contribution in [1.29, 1.82) is 0 Å². The first-order valence-electron chi connectivity index (χ1n) is 8.54. The van der Waals surface area contributed by atoms with Gasteiger partial charge >= 0.3 is 6.03 Å². The number of piperazine rings is 1. The van der Waals surface area contributed by atoms with Gasteiger partial charge in [0.1, 0.15) is 0 Å². The van der Waals surface area contributed by atoms with E-state index in [1.54, 1.807) is 0 Å². The lowest BCUT2D eigenvalue weighted by atomic mass is 10.0. The number of nitrogens with one attached hydrogen (secondary N) is 1. The normalized spacial score (nSPS) is 15.2. The Labute approximate surface area is 140 Å². The van der Waals surface area contributed by atoms with Crippen molar-refractivity contribution in [2.75, 3.05) is 58.3 Å². The maximum Gasteiger partial charge on any atom is 0.317 e. The van der Waals surface area contributed by atoms with Crippen LogP contribution in [0.25, 0.3) is 0 Å². The van der Waals surface area contributed by atoms with E-state index in [2.05, 4.69) is 47.2 Å². The molecular weight excluding hydrogens is 288 g/mol. The number of likely N-dealkylation sites (N-methyl/N-ethyl adjacent to an activating group) is 1. The summed E-state index contributed by atoms with van der Waals surface area (Å²) in [6.45, 7) is 9.31. The Balaban J connectivity index is 1.90. The second-order valence-electron chi connectivity index (χ2n) is 6.45. The first-order valence-corrected chi connectivity index (χ1v) is 8.54. The quantitative estimate of drug-likeness (QED) is 0.902. The standard InChI is InChI=1S/C18H30N4O/c1-5-16-8-6-7-15(2)17(16)21-11-13-22(14-12-21)18(23)19-9-10-20(3)4/h6-8H,5,9-14H2,1-4H3,(H,19,23). The summed E-state index contributed by atoms with van der Waals surface area (Å²) in [6.07, 6.45) is 1.04. The van der Waals surface area contributed by atoms with E-state index in [4.69, 9.17) is 0 Å². The fourth-order valence-corrected chi connectivity index (χ4v) is 3.09. The van der Waals surface area contributed by atoms with Crippen molar-refractivity contribution in [3.63, 3.8) is 0 Å². The van der Waals surface area contributed by atoms with Crippen LogP contribution in [-0.4, -0.2) is 69.2 Å². The van der Waals surface area contributed by atoms with Crippen molar-refractivity contribution >= 4 is 11.7 Å². The zero-order valence-electron chi connectivity index (χ0n) is 14.9. The number of benzene rings is 1. The lowest BCUT2D eigenvalue weighted by Crippen LogP contribution is -2.52. The van der Waals surface area contributed by atoms with Crippen molar-refractivity contribution in [2.45, 2.75) is 20.3 Å². The second-order valence-corrected chi connectivity index (χ2v) is 6.45. The van der Waals surface area contributed by atoms with Crippen LogP contribution in [0.4, 0.5) is 10.5 Å². The number of carbonyl (C=O) groups excluding carboxylic acids is 1. The fourth-order valence-electron chi connectivity index (χ4n) is 3.09. The molecule has 1 N–H and O–H groups in total. The molecule has 2 amide bonds. The van der Waals surface area contributed by atoms with Gasteiger partial charge in [-0.05, 0) is 38.6 Å². The topological polar surface area (TPSA) is 38.8 Å². The third-order valence-corrected chi connectivity index (χ3v) is 4.42. The average Bonchev–Trinajstić information content (AvgIpc) is 2.54. The van der Waals surface area contributed by atoms with Crippen molar-refractivity contribution in [3.05, 3.63) is 29.3 Å². The monoisotopic (exact) mass is 318 g/mol. The summed E-state index contributed by atoms with van der Waals surface area (Å²) in [5, 5.41) is 3.00. The Kier molecular flexibility index (Phi) is 6.28. The fraction of sp³-hybridized carbons (Fsp3) is 0.611. The molecule has 5 heteroatoms. The smallest absolute Gasteiger partial charge is 0.317 e. The van der Waals surface area contributed by atoms with Gasteiger partial charge in [0.15, 0.2) is 0 Å². The second kappa shape index (κ2) is 8.20. The Morgan fingerprint density at radius 2 is 1.91 bits per heavy atom. The Hall–Kier alpha value is -1.75. The van der Waals surface area contributed by atoms with E-state index in [1.807, 2.05) is 19.0 Å². The molecule has 0 radical (unpaired) electrons. The summed E-state index contributed by atoms with van der Waals surface area (Å²) < 4.78 is 0. The zero-order chi connectivity index (χ0) is 16.8. The number of rotatable bonds is 5. The minimum atomic E-state index is 0.0620. The predicted molar refractivity (Wildman–Crippen MR) is 96.3 cm³/mol. The molecule has 2 rings (SSSR count). The Morgan fingerprint density at radius 3 is 2.52 bits per heavy atom. The molecule has 128 valence electrons. The molecule has 1 aromatic carbocycles. The summed E-state index contributed by atoms with van der Waals surface area (Å²) in [4.78, 5) is 18.6. The minimum Gasteiger partial charge on any atom is -0.368 e. The Bertz CT molecular complexity index is 522. The van der Waals surface area contributed by atoms with Gasteiger partial charge in [0.25, 0.3) is 0 Å². The minimum absolute atomic E-state index is 0.0620. The van der Waals surface area contributed by atoms with Crippen LogP contribution < -0.4 is 10.2 Å². The van der Waals surface area contributed by atoms with E-state index in [9.17, 15) is 4.79 Å². The van der Waals surface area contributed by atoms with Crippen LogP contribution in [0, 0.1) is 6.92 Å². The number of amides is 2. The highest BCUT2D eigenvalue weighted by Gasteiger charge is 2.22. The zero-order valence-corrected chi connectivity index (χ0v) is 14.9. The molecule has 0 aromatic heterocycles. The van der Waals surface area contributed by atoms with E-state index in [0.717, 1.165) is 39.1 Å². The van der Waals surface area contributed by atoms with Gasteiger partial charge in [-0.2, -0.15) is 0 Å². The number of carbonyl (C=O) groups is 1. The lowest BCUT2D eigenvalue weighted by Gasteiger charge is -2.37. The molecule has 0 saturated carbocycles. The maximum atomic E-state index is 12.2. The van der Waals surface area contributed by atoms with Gasteiger partial charge < -0.3 is 20.0 Å². The van der Waals surface area contributed by atoms with Gasteiger partial charge in [0.05, 0.1) is 0 Å². The van der Waals surface area contributed by atoms with Crippen LogP contribution in [-0.2, 0) is 6.42 Å². The van der Waals surface area contributed by atoms with E-state index < -0.39 is 0 Å². The highest BCUT2D eigenvalue weighted by molar-refractivity contribution is 5.74. The van der Waals surface area contributed by atoms with Gasteiger partial charge in [0.2, 0.25) is 0 Å². The molecule has 23 heavy (non-hydrogen) atoms. The molecule has 0 aliphatic carbocycles. The Morgan fingerprint density at radius 1 is 1.22 bits per heavy atom. The third-order valence-electron chi connectivity index (χ3n) is 4.42. The van der Waals surface area contributed by atoms with Gasteiger partial charge in [-0.25, -0.2) is 4.79 Å². The molecule has 1 aliphatic heterocycles. The van der Waals surface area contributed by atoms with Gasteiger partial charge in [-0.3, -0.25) is 0 Å². The number of nitrogens with zero attached hydrogens (tertiary/aromatic N) is 3. The predicted octanol–water partition coefficient (Wildman–Crippen LogP) is 1.95. The van der Waals surface area contributed by atoms with Crippen molar-refractivity contribution in [1.82, 2.24) is 15.1 Å². The molecule has 0 bridgehead atoms. The molecule has 1 aromatic rings. The van der Waals surface area contributed by atoms with Crippen molar-refractivity contribution in [3.8, 4) is 0 Å². The summed E-state index contributed by atoms with van der Waals surface area (Å²) in [5.74, 6) is 0. The maximum absolute atomic E-state index is 12.2.